The highest BCUT2D eigenvalue weighted by molar-refractivity contribution is 6.19. The molecule has 3 heteroatoms. The van der Waals surface area contributed by atoms with Crippen LogP contribution in [0.2, 0.25) is 0 Å². The van der Waals surface area contributed by atoms with Gasteiger partial charge in [-0.3, -0.25) is 4.79 Å². The molecule has 4 unspecified atom stereocenters. The number of amides is 1. The lowest BCUT2D eigenvalue weighted by Gasteiger charge is -2.33. The van der Waals surface area contributed by atoms with Crippen LogP contribution in [0.25, 0.3) is 0 Å². The molecule has 0 saturated heterocycles. The van der Waals surface area contributed by atoms with Crippen LogP contribution in [-0.4, -0.2) is 17.8 Å². The summed E-state index contributed by atoms with van der Waals surface area (Å²) >= 11 is 5.66. The number of carbonyl (C=O) groups excluding carboxylic acids is 1. The van der Waals surface area contributed by atoms with Gasteiger partial charge in [-0.1, -0.05) is 20.8 Å². The van der Waals surface area contributed by atoms with Gasteiger partial charge in [0.1, 0.15) is 0 Å². The van der Waals surface area contributed by atoms with E-state index in [2.05, 4.69) is 19.2 Å². The molecule has 88 valence electrons. The van der Waals surface area contributed by atoms with E-state index in [0.29, 0.717) is 17.8 Å². The number of halogens is 1. The second kappa shape index (κ2) is 5.74. The van der Waals surface area contributed by atoms with E-state index in [1.54, 1.807) is 0 Å². The van der Waals surface area contributed by atoms with Crippen molar-refractivity contribution >= 4 is 17.5 Å². The van der Waals surface area contributed by atoms with Crippen molar-refractivity contribution in [1.82, 2.24) is 5.32 Å². The van der Waals surface area contributed by atoms with Gasteiger partial charge < -0.3 is 5.32 Å². The predicted molar refractivity (Wildman–Crippen MR) is 64.0 cm³/mol. The molecule has 0 bridgehead atoms. The maximum atomic E-state index is 11.7. The molecule has 1 N–H and O–H groups in total. The molecular weight excluding hydrogens is 210 g/mol. The van der Waals surface area contributed by atoms with Gasteiger partial charge in [-0.05, 0) is 31.1 Å². The van der Waals surface area contributed by atoms with Crippen LogP contribution in [0.5, 0.6) is 0 Å². The van der Waals surface area contributed by atoms with Crippen LogP contribution in [0.1, 0.15) is 40.0 Å². The molecule has 0 aromatic heterocycles. The molecule has 1 saturated carbocycles. The van der Waals surface area contributed by atoms with Crippen LogP contribution < -0.4 is 5.32 Å². The molecule has 1 rings (SSSR count). The molecule has 0 aliphatic heterocycles. The van der Waals surface area contributed by atoms with Crippen LogP contribution >= 0.6 is 11.6 Å². The third kappa shape index (κ3) is 3.67. The van der Waals surface area contributed by atoms with Gasteiger partial charge in [-0.25, -0.2) is 0 Å². The average molecular weight is 232 g/mol. The first-order chi connectivity index (χ1) is 7.04. The molecule has 1 aliphatic rings. The summed E-state index contributed by atoms with van der Waals surface area (Å²) in [4.78, 5) is 11.7. The molecule has 1 aliphatic carbocycles. The van der Waals surface area contributed by atoms with Crippen LogP contribution in [0, 0.1) is 17.8 Å². The van der Waals surface area contributed by atoms with E-state index >= 15 is 0 Å². The fourth-order valence-corrected chi connectivity index (χ4v) is 2.42. The molecule has 0 heterocycles. The third-order valence-electron chi connectivity index (χ3n) is 3.44. The smallest absolute Gasteiger partial charge is 0.224 e. The third-order valence-corrected chi connectivity index (χ3v) is 3.90. The lowest BCUT2D eigenvalue weighted by Crippen LogP contribution is -2.44. The topological polar surface area (TPSA) is 29.1 Å². The van der Waals surface area contributed by atoms with Crippen molar-refractivity contribution in [2.45, 2.75) is 46.1 Å². The molecule has 0 aromatic carbocycles. The number of nitrogens with one attached hydrogen (secondary N) is 1. The summed E-state index contributed by atoms with van der Waals surface area (Å²) < 4.78 is 0. The zero-order chi connectivity index (χ0) is 11.4. The standard InChI is InChI=1S/C12H22ClNO/c1-8-4-5-11(9(2)6-8)14-12(15)10(3)7-13/h8-11H,4-7H2,1-3H3,(H,14,15). The summed E-state index contributed by atoms with van der Waals surface area (Å²) in [6, 6.07) is 0.361. The first kappa shape index (κ1) is 12.8. The Labute approximate surface area is 97.8 Å². The summed E-state index contributed by atoms with van der Waals surface area (Å²) in [5, 5.41) is 3.12. The number of hydrogen-bond donors (Lipinski definition) is 1. The molecule has 1 fully saturated rings. The predicted octanol–water partition coefficient (Wildman–Crippen LogP) is 2.80. The summed E-state index contributed by atoms with van der Waals surface area (Å²) in [6.07, 6.45) is 3.56. The van der Waals surface area contributed by atoms with E-state index < -0.39 is 0 Å². The number of carbonyl (C=O) groups is 1. The van der Waals surface area contributed by atoms with E-state index in [-0.39, 0.29) is 11.8 Å². The Balaban J connectivity index is 2.41. The average Bonchev–Trinajstić information content (AvgIpc) is 2.20. The van der Waals surface area contributed by atoms with Gasteiger partial charge in [0.2, 0.25) is 5.91 Å². The number of hydrogen-bond acceptors (Lipinski definition) is 1. The van der Waals surface area contributed by atoms with Gasteiger partial charge in [0, 0.05) is 17.8 Å². The normalized spacial score (nSPS) is 33.5. The SMILES string of the molecule is CC1CCC(NC(=O)C(C)CCl)C(C)C1. The molecule has 4 atom stereocenters. The lowest BCUT2D eigenvalue weighted by atomic mass is 9.80. The van der Waals surface area contributed by atoms with Gasteiger partial charge in [-0.15, -0.1) is 11.6 Å². The largest absolute Gasteiger partial charge is 0.353 e. The van der Waals surface area contributed by atoms with Crippen LogP contribution in [0.4, 0.5) is 0 Å². The minimum absolute atomic E-state index is 0.0711. The Morgan fingerprint density at radius 1 is 1.47 bits per heavy atom. The van der Waals surface area contributed by atoms with Gasteiger partial charge >= 0.3 is 0 Å². The fourth-order valence-electron chi connectivity index (χ4n) is 2.27. The molecular formula is C12H22ClNO. The first-order valence-electron chi connectivity index (χ1n) is 5.91. The molecule has 0 spiro atoms. The Morgan fingerprint density at radius 3 is 2.67 bits per heavy atom. The van der Waals surface area contributed by atoms with E-state index in [0.717, 1.165) is 12.3 Å². The number of alkyl halides is 1. The summed E-state index contributed by atoms with van der Waals surface area (Å²) in [6.45, 7) is 6.39. The van der Waals surface area contributed by atoms with Crippen molar-refractivity contribution in [2.24, 2.45) is 17.8 Å². The number of rotatable bonds is 3. The van der Waals surface area contributed by atoms with E-state index in [9.17, 15) is 4.79 Å². The highest BCUT2D eigenvalue weighted by Crippen LogP contribution is 2.28. The van der Waals surface area contributed by atoms with Gasteiger partial charge in [0.15, 0.2) is 0 Å². The second-order valence-electron chi connectivity index (χ2n) is 5.07. The van der Waals surface area contributed by atoms with Crippen molar-refractivity contribution in [1.29, 1.82) is 0 Å². The minimum Gasteiger partial charge on any atom is -0.353 e. The van der Waals surface area contributed by atoms with Crippen LogP contribution in [-0.2, 0) is 4.79 Å². The van der Waals surface area contributed by atoms with Gasteiger partial charge in [0.05, 0.1) is 0 Å². The van der Waals surface area contributed by atoms with E-state index in [1.807, 2.05) is 6.92 Å². The van der Waals surface area contributed by atoms with Crippen LogP contribution in [0.3, 0.4) is 0 Å². The Morgan fingerprint density at radius 2 is 2.13 bits per heavy atom. The Hall–Kier alpha value is -0.240. The lowest BCUT2D eigenvalue weighted by molar-refractivity contribution is -0.125. The highest BCUT2D eigenvalue weighted by Gasteiger charge is 2.27. The van der Waals surface area contributed by atoms with Crippen molar-refractivity contribution in [3.8, 4) is 0 Å². The van der Waals surface area contributed by atoms with Crippen molar-refractivity contribution < 1.29 is 4.79 Å². The Kier molecular flexibility index (Phi) is 4.91. The quantitative estimate of drug-likeness (QED) is 0.744. The molecule has 15 heavy (non-hydrogen) atoms. The zero-order valence-corrected chi connectivity index (χ0v) is 10.7. The van der Waals surface area contributed by atoms with Crippen molar-refractivity contribution in [3.63, 3.8) is 0 Å². The fraction of sp³-hybridized carbons (Fsp3) is 0.917. The highest BCUT2D eigenvalue weighted by atomic mass is 35.5. The van der Waals surface area contributed by atoms with E-state index in [4.69, 9.17) is 11.6 Å². The first-order valence-corrected chi connectivity index (χ1v) is 6.44. The van der Waals surface area contributed by atoms with Crippen molar-refractivity contribution in [3.05, 3.63) is 0 Å². The zero-order valence-electron chi connectivity index (χ0n) is 9.92. The van der Waals surface area contributed by atoms with E-state index in [1.165, 1.54) is 12.8 Å². The molecule has 1 amide bonds. The maximum absolute atomic E-state index is 11.7. The summed E-state index contributed by atoms with van der Waals surface area (Å²) in [7, 11) is 0. The maximum Gasteiger partial charge on any atom is 0.224 e. The van der Waals surface area contributed by atoms with Crippen LogP contribution in [0.15, 0.2) is 0 Å². The van der Waals surface area contributed by atoms with Gasteiger partial charge in [-0.2, -0.15) is 0 Å². The second-order valence-corrected chi connectivity index (χ2v) is 5.37. The summed E-state index contributed by atoms with van der Waals surface area (Å²) in [5.41, 5.74) is 0. The molecule has 0 aromatic rings. The van der Waals surface area contributed by atoms with Gasteiger partial charge in [0.25, 0.3) is 0 Å². The summed E-state index contributed by atoms with van der Waals surface area (Å²) in [5.74, 6) is 1.84. The minimum atomic E-state index is -0.0711. The Bertz CT molecular complexity index is 220. The molecule has 0 radical (unpaired) electrons. The molecule has 2 nitrogen and oxygen atoms in total. The van der Waals surface area contributed by atoms with Crippen molar-refractivity contribution in [2.75, 3.05) is 5.88 Å². The monoisotopic (exact) mass is 231 g/mol.